The molecule has 0 spiro atoms. The number of hydrogen-bond donors (Lipinski definition) is 1. The van der Waals surface area contributed by atoms with E-state index >= 15 is 0 Å². The lowest BCUT2D eigenvalue weighted by atomic mass is 10.2. The molecule has 1 aromatic heterocycles. The van der Waals surface area contributed by atoms with Crippen LogP contribution in [0.1, 0.15) is 11.3 Å². The van der Waals surface area contributed by atoms with Crippen molar-refractivity contribution in [2.45, 2.75) is 13.5 Å². The average Bonchev–Trinajstić information content (AvgIpc) is 3.33. The molecule has 0 saturated heterocycles. The molecule has 0 atom stereocenters. The van der Waals surface area contributed by atoms with Crippen LogP contribution < -0.4 is 29.7 Å². The van der Waals surface area contributed by atoms with Gasteiger partial charge in [-0.25, -0.2) is 4.39 Å². The molecule has 1 amide bonds. The fourth-order valence-electron chi connectivity index (χ4n) is 3.55. The van der Waals surface area contributed by atoms with Gasteiger partial charge in [0, 0.05) is 12.6 Å². The van der Waals surface area contributed by atoms with Crippen LogP contribution in [0.4, 0.5) is 4.39 Å². The van der Waals surface area contributed by atoms with Gasteiger partial charge in [0.25, 0.3) is 5.91 Å². The second kappa shape index (κ2) is 9.38. The molecule has 9 heteroatoms. The summed E-state index contributed by atoms with van der Waals surface area (Å²) < 4.78 is 40.7. The molecule has 1 N–H and O–H groups in total. The third kappa shape index (κ3) is 4.89. The van der Waals surface area contributed by atoms with Gasteiger partial charge in [0.15, 0.2) is 18.1 Å². The van der Waals surface area contributed by atoms with E-state index in [9.17, 15) is 14.0 Å². The number of hydrogen-bond acceptors (Lipinski definition) is 7. The predicted molar refractivity (Wildman–Crippen MR) is 124 cm³/mol. The maximum absolute atomic E-state index is 13.1. The number of amides is 1. The number of fused-ring (bicyclic) bond motifs is 2. The zero-order chi connectivity index (χ0) is 24.4. The first-order valence-electron chi connectivity index (χ1n) is 10.8. The maximum atomic E-state index is 13.1. The molecule has 5 rings (SSSR count). The van der Waals surface area contributed by atoms with E-state index in [4.69, 9.17) is 23.4 Å². The highest BCUT2D eigenvalue weighted by Gasteiger charge is 2.16. The van der Waals surface area contributed by atoms with Gasteiger partial charge >= 0.3 is 0 Å². The van der Waals surface area contributed by atoms with Crippen molar-refractivity contribution in [3.05, 3.63) is 88.0 Å². The Morgan fingerprint density at radius 1 is 1.00 bits per heavy atom. The molecule has 0 bridgehead atoms. The third-order valence-electron chi connectivity index (χ3n) is 5.32. The molecule has 0 aliphatic carbocycles. The molecule has 0 radical (unpaired) electrons. The Bertz CT molecular complexity index is 1460. The van der Waals surface area contributed by atoms with Gasteiger partial charge < -0.3 is 28.7 Å². The molecule has 4 aromatic rings. The molecule has 8 nitrogen and oxygen atoms in total. The minimum atomic E-state index is -0.409. The summed E-state index contributed by atoms with van der Waals surface area (Å²) in [7, 11) is 0. The highest BCUT2D eigenvalue weighted by atomic mass is 19.1. The average molecular weight is 477 g/mol. The van der Waals surface area contributed by atoms with Crippen LogP contribution >= 0.6 is 0 Å². The third-order valence-corrected chi connectivity index (χ3v) is 5.32. The summed E-state index contributed by atoms with van der Waals surface area (Å²) >= 11 is 0. The summed E-state index contributed by atoms with van der Waals surface area (Å²) in [5.41, 5.74) is 0.780. The van der Waals surface area contributed by atoms with Crippen LogP contribution in [-0.2, 0) is 11.3 Å². The number of carbonyl (C=O) groups is 1. The summed E-state index contributed by atoms with van der Waals surface area (Å²) in [6.07, 6.45) is 0. The largest absolute Gasteiger partial charge is 0.484 e. The van der Waals surface area contributed by atoms with Gasteiger partial charge in [0.05, 0.1) is 5.39 Å². The summed E-state index contributed by atoms with van der Waals surface area (Å²) in [6.45, 7) is 1.87. The van der Waals surface area contributed by atoms with Gasteiger partial charge in [0.1, 0.15) is 28.7 Å². The zero-order valence-electron chi connectivity index (χ0n) is 18.6. The first-order chi connectivity index (χ1) is 17.0. The summed E-state index contributed by atoms with van der Waals surface area (Å²) in [4.78, 5) is 25.1. The second-order valence-corrected chi connectivity index (χ2v) is 7.78. The van der Waals surface area contributed by atoms with Crippen LogP contribution in [-0.4, -0.2) is 19.3 Å². The normalized spacial score (nSPS) is 11.9. The SMILES string of the molecule is Cc1oc2cc(OCC(=O)NCc3ccc4c(c3)OCO4)ccc2c(=O)c1Oc1ccc(F)cc1. The van der Waals surface area contributed by atoms with Gasteiger partial charge in [-0.1, -0.05) is 6.07 Å². The molecule has 0 unspecified atom stereocenters. The fraction of sp³-hybridized carbons (Fsp3) is 0.154. The zero-order valence-corrected chi connectivity index (χ0v) is 18.6. The molecule has 1 aliphatic heterocycles. The molecule has 3 aromatic carbocycles. The highest BCUT2D eigenvalue weighted by Crippen LogP contribution is 2.32. The van der Waals surface area contributed by atoms with Crippen LogP contribution in [0.3, 0.4) is 0 Å². The van der Waals surface area contributed by atoms with Crippen LogP contribution in [0.5, 0.6) is 28.7 Å². The van der Waals surface area contributed by atoms with E-state index in [2.05, 4.69) is 5.32 Å². The van der Waals surface area contributed by atoms with Crippen LogP contribution in [0.2, 0.25) is 0 Å². The van der Waals surface area contributed by atoms with E-state index in [1.807, 2.05) is 12.1 Å². The van der Waals surface area contributed by atoms with Crippen molar-refractivity contribution < 1.29 is 32.5 Å². The summed E-state index contributed by atoms with van der Waals surface area (Å²) in [5.74, 6) is 1.55. The molecule has 35 heavy (non-hydrogen) atoms. The number of carbonyl (C=O) groups excluding carboxylic acids is 1. The molecule has 0 saturated carbocycles. The number of benzene rings is 3. The molecular formula is C26H20FNO7. The molecule has 2 heterocycles. The smallest absolute Gasteiger partial charge is 0.258 e. The lowest BCUT2D eigenvalue weighted by molar-refractivity contribution is -0.123. The van der Waals surface area contributed by atoms with E-state index in [1.165, 1.54) is 36.4 Å². The number of halogens is 1. The van der Waals surface area contributed by atoms with E-state index in [1.54, 1.807) is 19.1 Å². The quantitative estimate of drug-likeness (QED) is 0.420. The van der Waals surface area contributed by atoms with E-state index < -0.39 is 5.82 Å². The van der Waals surface area contributed by atoms with E-state index in [-0.39, 0.29) is 47.2 Å². The number of rotatable bonds is 7. The Kier molecular flexibility index (Phi) is 5.97. The number of nitrogens with one attached hydrogen (secondary N) is 1. The van der Waals surface area contributed by atoms with Gasteiger partial charge in [-0.05, 0) is 61.0 Å². The van der Waals surface area contributed by atoms with Crippen LogP contribution in [0.25, 0.3) is 11.0 Å². The molecule has 1 aliphatic rings. The summed E-state index contributed by atoms with van der Waals surface area (Å²) in [6, 6.07) is 15.4. The molecule has 0 fully saturated rings. The minimum Gasteiger partial charge on any atom is -0.484 e. The second-order valence-electron chi connectivity index (χ2n) is 7.78. The van der Waals surface area contributed by atoms with Crippen LogP contribution in [0, 0.1) is 12.7 Å². The van der Waals surface area contributed by atoms with Gasteiger partial charge in [-0.15, -0.1) is 0 Å². The maximum Gasteiger partial charge on any atom is 0.258 e. The highest BCUT2D eigenvalue weighted by molar-refractivity contribution is 5.80. The first kappa shape index (κ1) is 22.3. The topological polar surface area (TPSA) is 96.2 Å². The molecule has 178 valence electrons. The number of ether oxygens (including phenoxy) is 4. The number of aryl methyl sites for hydroxylation is 1. The van der Waals surface area contributed by atoms with E-state index in [0.29, 0.717) is 29.5 Å². The van der Waals surface area contributed by atoms with Crippen molar-refractivity contribution in [1.29, 1.82) is 0 Å². The Labute approximate surface area is 198 Å². The summed E-state index contributed by atoms with van der Waals surface area (Å²) in [5, 5.41) is 3.06. The van der Waals surface area contributed by atoms with Crippen molar-refractivity contribution in [3.63, 3.8) is 0 Å². The van der Waals surface area contributed by atoms with Gasteiger partial charge in [-0.3, -0.25) is 9.59 Å². The monoisotopic (exact) mass is 477 g/mol. The Balaban J connectivity index is 1.23. The van der Waals surface area contributed by atoms with Crippen molar-refractivity contribution in [1.82, 2.24) is 5.32 Å². The van der Waals surface area contributed by atoms with Crippen LogP contribution in [0.15, 0.2) is 69.9 Å². The molecular weight excluding hydrogens is 457 g/mol. The lowest BCUT2D eigenvalue weighted by Gasteiger charge is -2.11. The Morgan fingerprint density at radius 3 is 2.60 bits per heavy atom. The standard InChI is InChI=1S/C26H20FNO7/c1-15-26(35-18-5-3-17(27)4-6-18)25(30)20-8-7-19(11-22(20)34-15)31-13-24(29)28-12-16-2-9-21-23(10-16)33-14-32-21/h2-11H,12-14H2,1H3,(H,28,29). The lowest BCUT2D eigenvalue weighted by Crippen LogP contribution is -2.28. The van der Waals surface area contributed by atoms with Crippen molar-refractivity contribution in [2.24, 2.45) is 0 Å². The van der Waals surface area contributed by atoms with Gasteiger partial charge in [0.2, 0.25) is 18.0 Å². The first-order valence-corrected chi connectivity index (χ1v) is 10.8. The van der Waals surface area contributed by atoms with E-state index in [0.717, 1.165) is 5.56 Å². The minimum absolute atomic E-state index is 0.0145. The predicted octanol–water partition coefficient (Wildman–Crippen LogP) is 4.46. The van der Waals surface area contributed by atoms with Crippen molar-refractivity contribution in [3.8, 4) is 28.7 Å². The van der Waals surface area contributed by atoms with Crippen molar-refractivity contribution >= 4 is 16.9 Å². The fourth-order valence-corrected chi connectivity index (χ4v) is 3.55. The van der Waals surface area contributed by atoms with Crippen molar-refractivity contribution in [2.75, 3.05) is 13.4 Å². The Hall–Kier alpha value is -4.53. The Morgan fingerprint density at radius 2 is 1.77 bits per heavy atom. The van der Waals surface area contributed by atoms with Gasteiger partial charge in [-0.2, -0.15) is 0 Å².